The summed E-state index contributed by atoms with van der Waals surface area (Å²) in [7, 11) is 2.89. The molecule has 0 saturated carbocycles. The number of methoxy groups -OCH3 is 2. The summed E-state index contributed by atoms with van der Waals surface area (Å²) in [5, 5.41) is 0. The monoisotopic (exact) mass is 183 g/mol. The Morgan fingerprint density at radius 3 is 2.38 bits per heavy atom. The smallest absolute Gasteiger partial charge is 0.176 e. The van der Waals surface area contributed by atoms with Crippen LogP contribution in [0.3, 0.4) is 0 Å². The summed E-state index contributed by atoms with van der Waals surface area (Å²) < 4.78 is 47.7. The zero-order valence-electron chi connectivity index (χ0n) is 12.5. The third kappa shape index (κ3) is 3.40. The van der Waals surface area contributed by atoms with Crippen molar-refractivity contribution >= 4 is 6.08 Å². The van der Waals surface area contributed by atoms with Gasteiger partial charge in [0.15, 0.2) is 6.29 Å². The van der Waals surface area contributed by atoms with E-state index < -0.39 is 12.3 Å². The van der Waals surface area contributed by atoms with Crippen molar-refractivity contribution in [2.45, 2.75) is 6.29 Å². The van der Waals surface area contributed by atoms with E-state index in [-0.39, 0.29) is 29.7 Å². The minimum absolute atomic E-state index is 0.111. The minimum Gasteiger partial charge on any atom is -0.352 e. The Kier molecular flexibility index (Phi) is 2.09. The summed E-state index contributed by atoms with van der Waals surface area (Å²) in [4.78, 5) is 0. The van der Waals surface area contributed by atoms with Crippen LogP contribution in [0, 0.1) is 0 Å². The normalized spacial score (nSPS) is 16.7. The predicted molar refractivity (Wildman–Crippen MR) is 53.3 cm³/mol. The fourth-order valence-electron chi connectivity index (χ4n) is 0.771. The maximum absolute atomic E-state index is 7.69. The highest BCUT2D eigenvalue weighted by molar-refractivity contribution is 5.48. The van der Waals surface area contributed by atoms with Crippen molar-refractivity contribution < 1.29 is 16.3 Å². The van der Waals surface area contributed by atoms with Gasteiger partial charge in [0.05, 0.1) is 6.85 Å². The van der Waals surface area contributed by atoms with Crippen molar-refractivity contribution in [2.75, 3.05) is 14.2 Å². The molecular formula is C11H14O2. The lowest BCUT2D eigenvalue weighted by Crippen LogP contribution is -2.08. The van der Waals surface area contributed by atoms with Crippen LogP contribution in [0.2, 0.25) is 0 Å². The van der Waals surface area contributed by atoms with Crippen LogP contribution in [0.25, 0.3) is 6.08 Å². The Balaban J connectivity index is 3.25. The average molecular weight is 183 g/mol. The van der Waals surface area contributed by atoms with E-state index in [0.717, 1.165) is 0 Å². The van der Waals surface area contributed by atoms with E-state index in [0.29, 0.717) is 0 Å². The highest BCUT2D eigenvalue weighted by Gasteiger charge is 1.96. The van der Waals surface area contributed by atoms with E-state index in [2.05, 4.69) is 0 Å². The van der Waals surface area contributed by atoms with Crippen molar-refractivity contribution in [2.24, 2.45) is 0 Å². The zero-order valence-corrected chi connectivity index (χ0v) is 7.55. The third-order valence-electron chi connectivity index (χ3n) is 1.40. The number of benzene rings is 1. The zero-order chi connectivity index (χ0) is 13.9. The lowest BCUT2D eigenvalue weighted by atomic mass is 10.2. The van der Waals surface area contributed by atoms with E-state index in [9.17, 15) is 0 Å². The highest BCUT2D eigenvalue weighted by atomic mass is 16.7. The van der Waals surface area contributed by atoms with Crippen LogP contribution in [-0.4, -0.2) is 20.5 Å². The molecule has 2 heteroatoms. The van der Waals surface area contributed by atoms with Crippen molar-refractivity contribution in [3.8, 4) is 0 Å². The van der Waals surface area contributed by atoms with Gasteiger partial charge in [-0.25, -0.2) is 0 Å². The number of hydrogen-bond donors (Lipinski definition) is 0. The molecule has 0 aliphatic heterocycles. The number of ether oxygens (including phenoxy) is 2. The summed E-state index contributed by atoms with van der Waals surface area (Å²) in [6.07, 6.45) is 2.26. The maximum atomic E-state index is 7.69. The van der Waals surface area contributed by atoms with Crippen molar-refractivity contribution in [1.29, 1.82) is 0 Å². The Labute approximate surface area is 85.8 Å². The molecule has 0 spiro atoms. The quantitative estimate of drug-likeness (QED) is 0.667. The van der Waals surface area contributed by atoms with Gasteiger partial charge in [-0.15, -0.1) is 0 Å². The fourth-order valence-corrected chi connectivity index (χ4v) is 0.771. The molecule has 0 aromatic heterocycles. The Bertz CT molecular complexity index is 440. The first-order valence-corrected chi connectivity index (χ1v) is 3.74. The second-order valence-corrected chi connectivity index (χ2v) is 2.24. The van der Waals surface area contributed by atoms with Gasteiger partial charge < -0.3 is 9.47 Å². The molecule has 1 aromatic rings. The SMILES string of the molecule is [2H]c1c([2H])c([2H])c(/C=C/C(OC)OC)c([2H])c1[2H]. The second kappa shape index (κ2) is 5.51. The second-order valence-electron chi connectivity index (χ2n) is 2.24. The summed E-state index contributed by atoms with van der Waals surface area (Å²) in [5.41, 5.74) is 0.111. The maximum Gasteiger partial charge on any atom is 0.176 e. The topological polar surface area (TPSA) is 18.5 Å². The number of rotatable bonds is 4. The van der Waals surface area contributed by atoms with Crippen LogP contribution >= 0.6 is 0 Å². The predicted octanol–water partition coefficient (Wildman–Crippen LogP) is 2.32. The Hall–Kier alpha value is -1.12. The van der Waals surface area contributed by atoms with Gasteiger partial charge in [0.25, 0.3) is 0 Å². The molecule has 0 heterocycles. The van der Waals surface area contributed by atoms with Crippen LogP contribution in [0.4, 0.5) is 0 Å². The molecule has 70 valence electrons. The molecule has 0 radical (unpaired) electrons. The molecule has 0 bridgehead atoms. The van der Waals surface area contributed by atoms with E-state index in [1.54, 1.807) is 0 Å². The van der Waals surface area contributed by atoms with Crippen LogP contribution < -0.4 is 0 Å². The van der Waals surface area contributed by atoms with Gasteiger partial charge in [-0.3, -0.25) is 0 Å². The summed E-state index contributed by atoms with van der Waals surface area (Å²) >= 11 is 0. The van der Waals surface area contributed by atoms with Crippen molar-refractivity contribution in [1.82, 2.24) is 0 Å². The van der Waals surface area contributed by atoms with Crippen molar-refractivity contribution in [3.63, 3.8) is 0 Å². The molecule has 13 heavy (non-hydrogen) atoms. The largest absolute Gasteiger partial charge is 0.352 e. The van der Waals surface area contributed by atoms with Crippen LogP contribution in [0.15, 0.2) is 36.3 Å². The van der Waals surface area contributed by atoms with E-state index >= 15 is 0 Å². The van der Waals surface area contributed by atoms with Gasteiger partial charge in [-0.05, 0) is 11.6 Å². The van der Waals surface area contributed by atoms with E-state index in [1.165, 1.54) is 26.4 Å². The molecule has 0 fully saturated rings. The molecule has 1 rings (SSSR count). The summed E-state index contributed by atoms with van der Waals surface area (Å²) in [6.45, 7) is 0. The molecule has 0 aliphatic rings. The minimum atomic E-state index is -0.622. The lowest BCUT2D eigenvalue weighted by Gasteiger charge is -2.06. The van der Waals surface area contributed by atoms with Crippen LogP contribution in [0.1, 0.15) is 12.4 Å². The standard InChI is InChI=1S/C11H14O2/c1-12-11(13-2)9-8-10-6-4-3-5-7-10/h3-9,11H,1-2H3/b9-8+/i3D,4D,5D,6D,7D. The molecule has 0 N–H and O–H groups in total. The van der Waals surface area contributed by atoms with Gasteiger partial charge in [-0.2, -0.15) is 0 Å². The van der Waals surface area contributed by atoms with Gasteiger partial charge in [0.2, 0.25) is 0 Å². The van der Waals surface area contributed by atoms with E-state index in [4.69, 9.17) is 16.3 Å². The molecule has 0 aliphatic carbocycles. The first-order chi connectivity index (χ1) is 8.43. The van der Waals surface area contributed by atoms with Gasteiger partial charge in [0, 0.05) is 14.2 Å². The molecule has 0 amide bonds. The van der Waals surface area contributed by atoms with E-state index in [1.807, 2.05) is 0 Å². The Morgan fingerprint density at radius 2 is 1.85 bits per heavy atom. The first kappa shape index (κ1) is 4.94. The number of hydrogen-bond acceptors (Lipinski definition) is 2. The summed E-state index contributed by atoms with van der Waals surface area (Å²) in [6, 6.07) is -1.62. The third-order valence-corrected chi connectivity index (χ3v) is 1.40. The van der Waals surface area contributed by atoms with Gasteiger partial charge >= 0.3 is 0 Å². The molecule has 2 nitrogen and oxygen atoms in total. The molecular weight excluding hydrogens is 164 g/mol. The van der Waals surface area contributed by atoms with Crippen LogP contribution in [0.5, 0.6) is 0 Å². The van der Waals surface area contributed by atoms with Gasteiger partial charge in [0.1, 0.15) is 0 Å². The van der Waals surface area contributed by atoms with Crippen molar-refractivity contribution in [3.05, 3.63) is 41.9 Å². The molecule has 0 unspecified atom stereocenters. The highest BCUT2D eigenvalue weighted by Crippen LogP contribution is 2.03. The average Bonchev–Trinajstić information content (AvgIpc) is 2.38. The molecule has 0 atom stereocenters. The fraction of sp³-hybridized carbons (Fsp3) is 0.273. The van der Waals surface area contributed by atoms with Gasteiger partial charge in [-0.1, -0.05) is 36.3 Å². The Morgan fingerprint density at radius 1 is 1.23 bits per heavy atom. The van der Waals surface area contributed by atoms with Crippen LogP contribution in [-0.2, 0) is 9.47 Å². The summed E-state index contributed by atoms with van der Waals surface area (Å²) in [5.74, 6) is 0. The molecule has 1 aromatic carbocycles. The lowest BCUT2D eigenvalue weighted by molar-refractivity contribution is -0.0660. The molecule has 0 saturated heterocycles. The first-order valence-electron chi connectivity index (χ1n) is 6.24.